The van der Waals surface area contributed by atoms with Gasteiger partial charge in [0, 0.05) is 37.8 Å². The van der Waals surface area contributed by atoms with Gasteiger partial charge in [0.1, 0.15) is 42.0 Å². The summed E-state index contributed by atoms with van der Waals surface area (Å²) in [5.41, 5.74) is 17.5. The lowest BCUT2D eigenvalue weighted by Crippen LogP contribution is -2.61. The lowest BCUT2D eigenvalue weighted by atomic mass is 9.96. The lowest BCUT2D eigenvalue weighted by molar-refractivity contribution is -0.141. The maximum Gasteiger partial charge on any atom is 0.246 e. The third kappa shape index (κ3) is 15.4. The summed E-state index contributed by atoms with van der Waals surface area (Å²) < 4.78 is 0. The largest absolute Gasteiger partial charge is 0.508 e. The molecule has 21 heteroatoms. The molecule has 1 saturated heterocycles. The molecule has 1 aliphatic rings. The number of H-pyrrole nitrogens is 1. The van der Waals surface area contributed by atoms with E-state index in [2.05, 4.69) is 46.9 Å². The van der Waals surface area contributed by atoms with Gasteiger partial charge >= 0.3 is 0 Å². The SMILES string of the molecule is CC[C@@H](C)[C@H](NC(=O)[C@H](Cc1ccc(O)cc1)NC(=O)[C@@H](NC(=O)[C@H](CCCN=C(N)N)NC(=O)CNC)C(C)C)C(=O)N[C@@H](Cc1cnc[nH]1)C(=O)N1CCC[C@@H]1C(N)=O. The minimum absolute atomic E-state index is 0.00582. The van der Waals surface area contributed by atoms with Crippen LogP contribution in [0.25, 0.3) is 0 Å². The van der Waals surface area contributed by atoms with Gasteiger partial charge in [-0.3, -0.25) is 38.6 Å². The van der Waals surface area contributed by atoms with Gasteiger partial charge in [-0.15, -0.1) is 0 Å². The number of amides is 7. The van der Waals surface area contributed by atoms with Crippen molar-refractivity contribution in [3.63, 3.8) is 0 Å². The van der Waals surface area contributed by atoms with Gasteiger partial charge in [0.15, 0.2) is 5.96 Å². The van der Waals surface area contributed by atoms with Crippen molar-refractivity contribution in [3.8, 4) is 5.75 Å². The van der Waals surface area contributed by atoms with Gasteiger partial charge in [0.05, 0.1) is 12.9 Å². The fourth-order valence-corrected chi connectivity index (χ4v) is 6.87. The molecule has 1 fully saturated rings. The number of nitrogens with one attached hydrogen (secondary N) is 7. The number of aromatic hydroxyl groups is 1. The van der Waals surface area contributed by atoms with Crippen LogP contribution in [-0.2, 0) is 46.4 Å². The summed E-state index contributed by atoms with van der Waals surface area (Å²) >= 11 is 0. The second-order valence-corrected chi connectivity index (χ2v) is 15.6. The van der Waals surface area contributed by atoms with E-state index < -0.39 is 89.4 Å². The van der Waals surface area contributed by atoms with Crippen LogP contribution in [0.3, 0.4) is 0 Å². The second kappa shape index (κ2) is 24.1. The smallest absolute Gasteiger partial charge is 0.246 e. The van der Waals surface area contributed by atoms with Gasteiger partial charge in [-0.2, -0.15) is 0 Å². The van der Waals surface area contributed by atoms with Crippen LogP contribution in [0, 0.1) is 11.8 Å². The van der Waals surface area contributed by atoms with Crippen molar-refractivity contribution in [2.75, 3.05) is 26.7 Å². The minimum atomic E-state index is -1.30. The van der Waals surface area contributed by atoms with Crippen LogP contribution in [0.1, 0.15) is 71.1 Å². The molecule has 2 heterocycles. The lowest BCUT2D eigenvalue weighted by Gasteiger charge is -2.31. The molecule has 0 radical (unpaired) electrons. The molecule has 0 bridgehead atoms. The number of aromatic nitrogens is 2. The van der Waals surface area contributed by atoms with Gasteiger partial charge in [0.25, 0.3) is 0 Å². The van der Waals surface area contributed by atoms with Crippen LogP contribution < -0.4 is 49.1 Å². The molecule has 1 aromatic heterocycles. The van der Waals surface area contributed by atoms with Crippen molar-refractivity contribution in [2.45, 2.75) is 109 Å². The van der Waals surface area contributed by atoms with Crippen LogP contribution in [0.4, 0.5) is 0 Å². The Morgan fingerprint density at radius 3 is 2.10 bits per heavy atom. The maximum atomic E-state index is 14.3. The summed E-state index contributed by atoms with van der Waals surface area (Å²) in [5, 5.41) is 26.4. The molecular formula is C40H63N13O8. The number of imidazole rings is 1. The van der Waals surface area contributed by atoms with E-state index in [0.29, 0.717) is 36.9 Å². The van der Waals surface area contributed by atoms with Gasteiger partial charge < -0.3 is 64.1 Å². The van der Waals surface area contributed by atoms with Crippen molar-refractivity contribution < 1.29 is 38.7 Å². The molecular weight excluding hydrogens is 791 g/mol. The summed E-state index contributed by atoms with van der Waals surface area (Å²) in [4.78, 5) is 107. The van der Waals surface area contributed by atoms with Crippen LogP contribution >= 0.6 is 0 Å². The highest BCUT2D eigenvalue weighted by Gasteiger charge is 2.39. The Balaban J connectivity index is 1.89. The van der Waals surface area contributed by atoms with E-state index in [0.717, 1.165) is 0 Å². The number of carbonyl (C=O) groups excluding carboxylic acids is 7. The second-order valence-electron chi connectivity index (χ2n) is 15.6. The first-order chi connectivity index (χ1) is 28.9. The van der Waals surface area contributed by atoms with Crippen molar-refractivity contribution >= 4 is 47.3 Å². The Kier molecular flexibility index (Phi) is 19.4. The van der Waals surface area contributed by atoms with Crippen molar-refractivity contribution in [3.05, 3.63) is 48.0 Å². The average molecular weight is 854 g/mol. The van der Waals surface area contributed by atoms with E-state index in [4.69, 9.17) is 17.2 Å². The number of likely N-dealkylation sites (tertiary alicyclic amines) is 1. The summed E-state index contributed by atoms with van der Waals surface area (Å²) in [6.45, 7) is 7.38. The number of nitrogens with zero attached hydrogens (tertiary/aromatic N) is 3. The molecule has 2 aromatic rings. The van der Waals surface area contributed by atoms with Gasteiger partial charge in [-0.25, -0.2) is 4.98 Å². The summed E-state index contributed by atoms with van der Waals surface area (Å²) in [6.07, 6.45) is 4.72. The van der Waals surface area contributed by atoms with Crippen LogP contribution in [-0.4, -0.2) is 130 Å². The Morgan fingerprint density at radius 2 is 1.51 bits per heavy atom. The number of guanidine groups is 1. The quantitative estimate of drug-likeness (QED) is 0.0304. The molecule has 0 saturated carbocycles. The van der Waals surface area contributed by atoms with Gasteiger partial charge in [0.2, 0.25) is 41.4 Å². The first-order valence-electron chi connectivity index (χ1n) is 20.5. The molecule has 1 aliphatic heterocycles. The monoisotopic (exact) mass is 853 g/mol. The topological polar surface area (TPSA) is 334 Å². The predicted octanol–water partition coefficient (Wildman–Crippen LogP) is -2.22. The Hall–Kier alpha value is -6.25. The highest BCUT2D eigenvalue weighted by Crippen LogP contribution is 2.20. The summed E-state index contributed by atoms with van der Waals surface area (Å²) in [6, 6.07) is -0.710. The number of nitrogens with two attached hydrogens (primary N) is 3. The Bertz CT molecular complexity index is 1820. The number of hydrogen-bond acceptors (Lipinski definition) is 11. The molecule has 0 unspecified atom stereocenters. The molecule has 336 valence electrons. The number of hydrogen-bond donors (Lipinski definition) is 11. The summed E-state index contributed by atoms with van der Waals surface area (Å²) in [5.74, 6) is -5.51. The molecule has 0 aliphatic carbocycles. The molecule has 61 heavy (non-hydrogen) atoms. The van der Waals surface area contributed by atoms with E-state index >= 15 is 0 Å². The van der Waals surface area contributed by atoms with Crippen LogP contribution in [0.15, 0.2) is 41.8 Å². The molecule has 21 nitrogen and oxygen atoms in total. The van der Waals surface area contributed by atoms with Crippen LogP contribution in [0.5, 0.6) is 5.75 Å². The zero-order valence-electron chi connectivity index (χ0n) is 35.5. The molecule has 7 amide bonds. The predicted molar refractivity (Wildman–Crippen MR) is 226 cm³/mol. The van der Waals surface area contributed by atoms with Gasteiger partial charge in [-0.1, -0.05) is 46.2 Å². The van der Waals surface area contributed by atoms with E-state index in [9.17, 15) is 38.7 Å². The number of phenolic OH excluding ortho intramolecular Hbond substituents is 1. The fourth-order valence-electron chi connectivity index (χ4n) is 6.87. The number of aliphatic imine (C=N–C) groups is 1. The molecule has 3 rings (SSSR count). The molecule has 14 N–H and O–H groups in total. The Labute approximate surface area is 355 Å². The number of primary amides is 1. The first kappa shape index (κ1) is 49.1. The Morgan fingerprint density at radius 1 is 0.869 bits per heavy atom. The van der Waals surface area contributed by atoms with Crippen molar-refractivity contribution in [1.29, 1.82) is 0 Å². The first-order valence-corrected chi connectivity index (χ1v) is 20.5. The van der Waals surface area contributed by atoms with E-state index in [-0.39, 0.29) is 50.6 Å². The summed E-state index contributed by atoms with van der Waals surface area (Å²) in [7, 11) is 1.58. The number of benzene rings is 1. The zero-order valence-corrected chi connectivity index (χ0v) is 35.5. The van der Waals surface area contributed by atoms with Crippen molar-refractivity contribution in [2.24, 2.45) is 34.0 Å². The minimum Gasteiger partial charge on any atom is -0.508 e. The standard InChI is InChI=1S/C40H63N13O8/c1-6-23(4)33(38(60)50-29(18-25-19-45-21-47-25)39(61)53-16-8-10-30(53)34(41)56)52-36(58)28(17-24-11-13-26(54)14-12-24)49-37(59)32(22(2)3)51-35(57)27(48-31(55)20-44-5)9-7-15-46-40(42)43/h11-14,19,21-23,27-30,32-33,44,54H,6-10,15-18,20H2,1-5H3,(H2,41,56)(H,45,47)(H,48,55)(H,49,59)(H,50,60)(H,51,57)(H,52,58)(H4,42,43,46)/t23-,27+,28+,29+,30-,32+,33+/m1/s1. The zero-order chi connectivity index (χ0) is 45.2. The average Bonchev–Trinajstić information content (AvgIpc) is 3.93. The van der Waals surface area contributed by atoms with Crippen molar-refractivity contribution in [1.82, 2.24) is 46.8 Å². The maximum absolute atomic E-state index is 14.3. The third-order valence-corrected chi connectivity index (χ3v) is 10.4. The molecule has 1 aromatic carbocycles. The molecule has 0 spiro atoms. The number of carbonyl (C=O) groups is 7. The third-order valence-electron chi connectivity index (χ3n) is 10.4. The number of aromatic amines is 1. The van der Waals surface area contributed by atoms with E-state index in [1.807, 2.05) is 6.92 Å². The molecule has 7 atom stereocenters. The number of rotatable bonds is 24. The fraction of sp³-hybridized carbons (Fsp3) is 0.575. The normalized spacial score (nSPS) is 16.6. The van der Waals surface area contributed by atoms with E-state index in [1.54, 1.807) is 40.0 Å². The highest BCUT2D eigenvalue weighted by atomic mass is 16.3. The van der Waals surface area contributed by atoms with Gasteiger partial charge in [-0.05, 0) is 62.3 Å². The highest BCUT2D eigenvalue weighted by molar-refractivity contribution is 5.97. The number of likely N-dealkylation sites (N-methyl/N-ethyl adjacent to an activating group) is 1. The van der Waals surface area contributed by atoms with Crippen LogP contribution in [0.2, 0.25) is 0 Å². The van der Waals surface area contributed by atoms with E-state index in [1.165, 1.54) is 29.6 Å². The number of phenols is 1.